The van der Waals surface area contributed by atoms with E-state index in [-0.39, 0.29) is 54.4 Å². The summed E-state index contributed by atoms with van der Waals surface area (Å²) in [4.78, 5) is 36.0. The van der Waals surface area contributed by atoms with Crippen LogP contribution in [0.5, 0.6) is 0 Å². The SMILES string of the molecule is CC(C)[C@]12O[C@H]1[C@@H]1O[C@@]13[C@@]1(C)CCC4=C(COC4=O)[C@@H]1C[C@@H]1O[C@@]13C2OC(=O)CCC(=O)O.NC(CO)(CO)CO. The summed E-state index contributed by atoms with van der Waals surface area (Å²) >= 11 is 0. The molecule has 13 heteroatoms. The number of ether oxygens (including phenoxy) is 5. The van der Waals surface area contributed by atoms with Crippen molar-refractivity contribution in [2.24, 2.45) is 23.0 Å². The summed E-state index contributed by atoms with van der Waals surface area (Å²) in [6.45, 7) is 5.44. The van der Waals surface area contributed by atoms with Crippen molar-refractivity contribution >= 4 is 17.9 Å². The van der Waals surface area contributed by atoms with E-state index in [2.05, 4.69) is 6.92 Å². The number of hydrogen-bond acceptors (Lipinski definition) is 12. The van der Waals surface area contributed by atoms with Gasteiger partial charge in [-0.15, -0.1) is 0 Å². The summed E-state index contributed by atoms with van der Waals surface area (Å²) in [7, 11) is 0. The Kier molecular flexibility index (Phi) is 6.49. The maximum atomic E-state index is 12.7. The summed E-state index contributed by atoms with van der Waals surface area (Å²) < 4.78 is 30.9. The highest BCUT2D eigenvalue weighted by Gasteiger charge is 3.01. The molecule has 3 aliphatic carbocycles. The van der Waals surface area contributed by atoms with Crippen molar-refractivity contribution in [2.75, 3.05) is 26.4 Å². The molecule has 3 saturated heterocycles. The van der Waals surface area contributed by atoms with E-state index in [1.807, 2.05) is 13.8 Å². The number of fused-ring (bicyclic) bond motifs is 4. The number of cyclic esters (lactones) is 1. The highest BCUT2D eigenvalue weighted by Crippen LogP contribution is 2.83. The normalized spacial score (nSPS) is 44.1. The van der Waals surface area contributed by atoms with Crippen molar-refractivity contribution < 1.29 is 58.5 Å². The van der Waals surface area contributed by atoms with Crippen molar-refractivity contribution in [3.8, 4) is 0 Å². The Balaban J connectivity index is 0.000000334. The Bertz CT molecular complexity index is 1190. The molecule has 6 N–H and O–H groups in total. The van der Waals surface area contributed by atoms with Crippen molar-refractivity contribution in [2.45, 2.75) is 99.6 Å². The minimum atomic E-state index is -1.21. The van der Waals surface area contributed by atoms with Crippen LogP contribution in [0.25, 0.3) is 0 Å². The highest BCUT2D eigenvalue weighted by molar-refractivity contribution is 5.92. The lowest BCUT2D eigenvalue weighted by Gasteiger charge is -2.53. The zero-order chi connectivity index (χ0) is 29.8. The first-order valence-electron chi connectivity index (χ1n) is 14.3. The predicted octanol–water partition coefficient (Wildman–Crippen LogP) is -0.820. The molecule has 13 nitrogen and oxygen atoms in total. The Morgan fingerprint density at radius 2 is 1.78 bits per heavy atom. The molecule has 0 aromatic heterocycles. The molecule has 7 aliphatic rings. The minimum Gasteiger partial charge on any atom is -0.481 e. The molecule has 41 heavy (non-hydrogen) atoms. The maximum absolute atomic E-state index is 12.7. The third-order valence-electron chi connectivity index (χ3n) is 10.8. The third kappa shape index (κ3) is 3.63. The Hall–Kier alpha value is -2.13. The van der Waals surface area contributed by atoms with Crippen LogP contribution in [0.3, 0.4) is 0 Å². The van der Waals surface area contributed by atoms with E-state index in [0.717, 1.165) is 17.6 Å². The van der Waals surface area contributed by atoms with Crippen LogP contribution in [0.15, 0.2) is 11.1 Å². The van der Waals surface area contributed by atoms with Gasteiger partial charge in [0.15, 0.2) is 11.7 Å². The summed E-state index contributed by atoms with van der Waals surface area (Å²) in [6.07, 6.45) is 0.464. The molecule has 7 rings (SSSR count). The molecule has 4 aliphatic heterocycles. The van der Waals surface area contributed by atoms with E-state index in [0.29, 0.717) is 19.4 Å². The molecule has 228 valence electrons. The molecule has 4 heterocycles. The average Bonchev–Trinajstić information content (AvgIpc) is 3.86. The van der Waals surface area contributed by atoms with E-state index in [9.17, 15) is 14.4 Å². The maximum Gasteiger partial charge on any atom is 0.334 e. The van der Waals surface area contributed by atoms with Gasteiger partial charge in [0, 0.05) is 11.0 Å². The monoisotopic (exact) mass is 581 g/mol. The van der Waals surface area contributed by atoms with Crippen LogP contribution < -0.4 is 5.73 Å². The van der Waals surface area contributed by atoms with Crippen molar-refractivity contribution in [3.05, 3.63) is 11.1 Å². The first kappa shape index (κ1) is 29.0. The molecule has 0 aromatic carbocycles. The van der Waals surface area contributed by atoms with Crippen molar-refractivity contribution in [1.29, 1.82) is 0 Å². The van der Waals surface area contributed by atoms with Crippen LogP contribution in [0.1, 0.15) is 52.9 Å². The predicted molar refractivity (Wildman–Crippen MR) is 136 cm³/mol. The lowest BCUT2D eigenvalue weighted by Crippen LogP contribution is -2.70. The average molecular weight is 582 g/mol. The van der Waals surface area contributed by atoms with Crippen LogP contribution in [0.2, 0.25) is 0 Å². The fourth-order valence-electron chi connectivity index (χ4n) is 8.39. The summed E-state index contributed by atoms with van der Waals surface area (Å²) in [5.74, 6) is -1.63. The van der Waals surface area contributed by atoms with Crippen LogP contribution in [0.4, 0.5) is 0 Å². The number of hydrogen-bond donors (Lipinski definition) is 5. The molecular weight excluding hydrogens is 542 g/mol. The topological polar surface area (TPSA) is 214 Å². The first-order valence-corrected chi connectivity index (χ1v) is 14.3. The van der Waals surface area contributed by atoms with Crippen LogP contribution in [-0.4, -0.2) is 112 Å². The number of epoxide rings is 3. The standard InChI is InChI=1S/C24H28O9.C4H11NO3/c1-10(2)22-17(32-22)18-24(33-18)21(3)7-6-11-12(9-29-19(11)28)13(21)8-14-23(24,31-14)20(22)30-16(27)5-4-15(25)26;5-4(1-6,2-7)3-8/h10,13-14,17-18,20H,4-9H2,1-3H3,(H,25,26);6-8H,1-3,5H2/t13-,14-,17-,18-,20?,21-,22-,23+,24+;/m0./s1. The number of carbonyl (C=O) groups is 3. The molecule has 0 bridgehead atoms. The molecule has 0 amide bonds. The van der Waals surface area contributed by atoms with E-state index in [4.69, 9.17) is 49.8 Å². The number of carbonyl (C=O) groups excluding carboxylic acids is 2. The van der Waals surface area contributed by atoms with E-state index in [1.165, 1.54) is 0 Å². The molecule has 2 saturated carbocycles. The fourth-order valence-corrected chi connectivity index (χ4v) is 8.39. The van der Waals surface area contributed by atoms with Crippen LogP contribution in [0, 0.1) is 17.3 Å². The van der Waals surface area contributed by atoms with Gasteiger partial charge in [-0.05, 0) is 36.7 Å². The number of rotatable bonds is 8. The number of aliphatic carboxylic acids is 1. The minimum absolute atomic E-state index is 0.0632. The lowest BCUT2D eigenvalue weighted by atomic mass is 9.46. The number of nitrogens with two attached hydrogens (primary N) is 1. The van der Waals surface area contributed by atoms with Crippen molar-refractivity contribution in [3.63, 3.8) is 0 Å². The summed E-state index contributed by atoms with van der Waals surface area (Å²) in [6, 6.07) is 0. The molecule has 0 radical (unpaired) electrons. The van der Waals surface area contributed by atoms with E-state index in [1.54, 1.807) is 0 Å². The summed E-state index contributed by atoms with van der Waals surface area (Å²) in [5, 5.41) is 34.0. The quantitative estimate of drug-likeness (QED) is 0.175. The third-order valence-corrected chi connectivity index (χ3v) is 10.8. The Morgan fingerprint density at radius 1 is 1.10 bits per heavy atom. The van der Waals surface area contributed by atoms with Gasteiger partial charge in [-0.3, -0.25) is 9.59 Å². The Labute approximate surface area is 236 Å². The molecular formula is C28H39NO12. The number of esters is 2. The number of carboxylic acids is 1. The van der Waals surface area contributed by atoms with Crippen LogP contribution >= 0.6 is 0 Å². The zero-order valence-corrected chi connectivity index (χ0v) is 23.5. The van der Waals surface area contributed by atoms with Gasteiger partial charge in [-0.2, -0.15) is 0 Å². The van der Waals surface area contributed by atoms with Crippen LogP contribution in [-0.2, 0) is 38.1 Å². The second-order valence-corrected chi connectivity index (χ2v) is 13.1. The number of aliphatic hydroxyl groups is 3. The van der Waals surface area contributed by atoms with Gasteiger partial charge in [0.2, 0.25) is 0 Å². The van der Waals surface area contributed by atoms with Gasteiger partial charge < -0.3 is 49.8 Å². The Morgan fingerprint density at radius 3 is 2.37 bits per heavy atom. The van der Waals surface area contributed by atoms with Gasteiger partial charge in [0.1, 0.15) is 30.0 Å². The van der Waals surface area contributed by atoms with E-state index < -0.39 is 60.2 Å². The van der Waals surface area contributed by atoms with Gasteiger partial charge in [0.25, 0.3) is 0 Å². The van der Waals surface area contributed by atoms with Gasteiger partial charge in [-0.1, -0.05) is 20.8 Å². The van der Waals surface area contributed by atoms with Gasteiger partial charge in [0.05, 0.1) is 44.3 Å². The summed E-state index contributed by atoms with van der Waals surface area (Å²) in [5.41, 5.74) is 3.37. The molecule has 1 unspecified atom stereocenters. The zero-order valence-electron chi connectivity index (χ0n) is 23.5. The first-order chi connectivity index (χ1) is 19.3. The smallest absolute Gasteiger partial charge is 0.334 e. The second kappa shape index (κ2) is 9.18. The highest BCUT2D eigenvalue weighted by atomic mass is 16.8. The lowest BCUT2D eigenvalue weighted by molar-refractivity contribution is -0.170. The molecule has 2 spiro atoms. The number of aliphatic hydroxyl groups excluding tert-OH is 3. The molecule has 9 atom stereocenters. The fraction of sp³-hybridized carbons (Fsp3) is 0.821. The van der Waals surface area contributed by atoms with Crippen molar-refractivity contribution in [1.82, 2.24) is 0 Å². The van der Waals surface area contributed by atoms with Gasteiger partial charge in [-0.25, -0.2) is 4.79 Å². The second-order valence-electron chi connectivity index (χ2n) is 13.1. The van der Waals surface area contributed by atoms with Gasteiger partial charge >= 0.3 is 17.9 Å². The largest absolute Gasteiger partial charge is 0.481 e. The van der Waals surface area contributed by atoms with E-state index >= 15 is 0 Å². The molecule has 5 fully saturated rings. The molecule has 0 aromatic rings. The number of carboxylic acid groups (broad SMARTS) is 1.